The molecule has 0 spiro atoms. The summed E-state index contributed by atoms with van der Waals surface area (Å²) in [7, 11) is 1.44. The van der Waals surface area contributed by atoms with Gasteiger partial charge in [0.2, 0.25) is 0 Å². The van der Waals surface area contributed by atoms with E-state index in [0.717, 1.165) is 25.0 Å². The van der Waals surface area contributed by atoms with Crippen LogP contribution in [0.25, 0.3) is 0 Å². The molecule has 78 valence electrons. The minimum atomic E-state index is -0.161. The highest BCUT2D eigenvalue weighted by Gasteiger charge is 2.71. The molecular formula is C10H14O3S. The number of hydrogen-bond acceptors (Lipinski definition) is 4. The molecule has 0 radical (unpaired) electrons. The number of esters is 1. The van der Waals surface area contributed by atoms with Gasteiger partial charge in [0.1, 0.15) is 0 Å². The van der Waals surface area contributed by atoms with Crippen LogP contribution in [0, 0.1) is 10.8 Å². The largest absolute Gasteiger partial charge is 0.469 e. The highest BCUT2D eigenvalue weighted by molar-refractivity contribution is 8.13. The van der Waals surface area contributed by atoms with Crippen LogP contribution < -0.4 is 0 Å². The summed E-state index contributed by atoms with van der Waals surface area (Å²) in [6.45, 7) is 1.59. The van der Waals surface area contributed by atoms with Gasteiger partial charge in [0.05, 0.1) is 12.5 Å². The highest BCUT2D eigenvalue weighted by atomic mass is 32.2. The van der Waals surface area contributed by atoms with Crippen LogP contribution in [-0.4, -0.2) is 23.9 Å². The van der Waals surface area contributed by atoms with Crippen molar-refractivity contribution in [1.29, 1.82) is 0 Å². The summed E-state index contributed by atoms with van der Waals surface area (Å²) < 4.78 is 4.75. The van der Waals surface area contributed by atoms with Crippen molar-refractivity contribution in [3.63, 3.8) is 0 Å². The predicted molar refractivity (Wildman–Crippen MR) is 53.9 cm³/mol. The van der Waals surface area contributed by atoms with Crippen LogP contribution in [0.15, 0.2) is 0 Å². The number of carbonyl (C=O) groups excluding carboxylic acids is 2. The molecule has 2 bridgehead atoms. The first-order valence-electron chi connectivity index (χ1n) is 4.74. The lowest BCUT2D eigenvalue weighted by Gasteiger charge is -2.68. The minimum Gasteiger partial charge on any atom is -0.469 e. The van der Waals surface area contributed by atoms with Crippen LogP contribution in [0.3, 0.4) is 0 Å². The topological polar surface area (TPSA) is 43.4 Å². The van der Waals surface area contributed by atoms with Crippen molar-refractivity contribution in [1.82, 2.24) is 0 Å². The Balaban J connectivity index is 1.82. The number of hydrogen-bond donors (Lipinski definition) is 0. The second kappa shape index (κ2) is 2.99. The van der Waals surface area contributed by atoms with Crippen LogP contribution in [0.2, 0.25) is 0 Å². The third-order valence-corrected chi connectivity index (χ3v) is 4.50. The van der Waals surface area contributed by atoms with Crippen molar-refractivity contribution in [2.75, 3.05) is 12.9 Å². The molecule has 0 aromatic carbocycles. The zero-order valence-corrected chi connectivity index (χ0v) is 9.28. The van der Waals surface area contributed by atoms with Crippen molar-refractivity contribution in [2.45, 2.75) is 26.2 Å². The Hall–Kier alpha value is -0.510. The molecule has 0 aromatic heterocycles. The number of thioether (sulfide) groups is 1. The van der Waals surface area contributed by atoms with Crippen LogP contribution in [0.4, 0.5) is 0 Å². The molecular weight excluding hydrogens is 200 g/mol. The van der Waals surface area contributed by atoms with E-state index in [-0.39, 0.29) is 21.9 Å². The second-order valence-electron chi connectivity index (χ2n) is 4.58. The molecule has 0 aromatic rings. The number of ether oxygens (including phenoxy) is 1. The summed E-state index contributed by atoms with van der Waals surface area (Å²) in [6.07, 6.45) is 2.77. The van der Waals surface area contributed by atoms with Gasteiger partial charge in [0.25, 0.3) is 0 Å². The van der Waals surface area contributed by atoms with E-state index in [1.807, 2.05) is 0 Å². The fraction of sp³-hybridized carbons (Fsp3) is 0.800. The number of carbonyl (C=O) groups is 2. The SMILES string of the molecule is COC(=O)C12CC(CSC(C)=O)(C1)C2. The third kappa shape index (κ3) is 1.28. The van der Waals surface area contributed by atoms with Crippen LogP contribution in [0.5, 0.6) is 0 Å². The Morgan fingerprint density at radius 2 is 1.93 bits per heavy atom. The molecule has 0 heterocycles. The lowest BCUT2D eigenvalue weighted by molar-refractivity contribution is -0.216. The summed E-state index contributed by atoms with van der Waals surface area (Å²) in [5.74, 6) is 0.813. The van der Waals surface area contributed by atoms with Gasteiger partial charge in [-0.15, -0.1) is 0 Å². The fourth-order valence-corrected chi connectivity index (χ4v) is 3.65. The van der Waals surface area contributed by atoms with Gasteiger partial charge in [-0.25, -0.2) is 0 Å². The van der Waals surface area contributed by atoms with E-state index in [1.165, 1.54) is 18.9 Å². The van der Waals surface area contributed by atoms with Crippen molar-refractivity contribution in [3.8, 4) is 0 Å². The Kier molecular flexibility index (Phi) is 2.14. The van der Waals surface area contributed by atoms with Crippen LogP contribution >= 0.6 is 11.8 Å². The molecule has 0 N–H and O–H groups in total. The molecule has 0 atom stereocenters. The first kappa shape index (κ1) is 10.0. The maximum Gasteiger partial charge on any atom is 0.311 e. The third-order valence-electron chi connectivity index (χ3n) is 3.34. The van der Waals surface area contributed by atoms with E-state index in [2.05, 4.69) is 0 Å². The van der Waals surface area contributed by atoms with E-state index >= 15 is 0 Å². The van der Waals surface area contributed by atoms with Gasteiger partial charge in [-0.2, -0.15) is 0 Å². The van der Waals surface area contributed by atoms with Gasteiger partial charge in [-0.3, -0.25) is 9.59 Å². The minimum absolute atomic E-state index is 0.0628. The fourth-order valence-electron chi connectivity index (χ4n) is 2.84. The number of methoxy groups -OCH3 is 1. The smallest absolute Gasteiger partial charge is 0.311 e. The van der Waals surface area contributed by atoms with E-state index in [0.29, 0.717) is 0 Å². The average molecular weight is 214 g/mol. The Morgan fingerprint density at radius 1 is 1.36 bits per heavy atom. The summed E-state index contributed by atoms with van der Waals surface area (Å²) in [4.78, 5) is 22.1. The summed E-state index contributed by atoms with van der Waals surface area (Å²) >= 11 is 1.38. The first-order valence-corrected chi connectivity index (χ1v) is 5.72. The van der Waals surface area contributed by atoms with Crippen LogP contribution in [-0.2, 0) is 14.3 Å². The second-order valence-corrected chi connectivity index (χ2v) is 5.73. The van der Waals surface area contributed by atoms with Crippen molar-refractivity contribution in [2.24, 2.45) is 10.8 Å². The molecule has 0 amide bonds. The van der Waals surface area contributed by atoms with E-state index in [4.69, 9.17) is 4.74 Å². The molecule has 3 aliphatic rings. The molecule has 0 saturated heterocycles. The van der Waals surface area contributed by atoms with Crippen LogP contribution in [0.1, 0.15) is 26.2 Å². The maximum atomic E-state index is 11.3. The number of rotatable bonds is 3. The van der Waals surface area contributed by atoms with Gasteiger partial charge < -0.3 is 4.74 Å². The van der Waals surface area contributed by atoms with Gasteiger partial charge >= 0.3 is 5.97 Å². The molecule has 0 aliphatic heterocycles. The molecule has 3 nitrogen and oxygen atoms in total. The van der Waals surface area contributed by atoms with E-state index in [9.17, 15) is 9.59 Å². The molecule has 3 aliphatic carbocycles. The summed E-state index contributed by atoms with van der Waals surface area (Å²) in [6, 6.07) is 0. The molecule has 14 heavy (non-hydrogen) atoms. The standard InChI is InChI=1S/C10H14O3S/c1-7(11)14-6-9-3-10(4-9,5-9)8(12)13-2/h3-6H2,1-2H3. The zero-order chi connectivity index (χ0) is 10.4. The molecule has 4 heteroatoms. The molecule has 3 rings (SSSR count). The lowest BCUT2D eigenvalue weighted by atomic mass is 9.36. The van der Waals surface area contributed by atoms with Crippen molar-refractivity contribution in [3.05, 3.63) is 0 Å². The van der Waals surface area contributed by atoms with Gasteiger partial charge in [0.15, 0.2) is 5.12 Å². The zero-order valence-electron chi connectivity index (χ0n) is 8.46. The predicted octanol–water partition coefficient (Wildman–Crippen LogP) is 1.61. The van der Waals surface area contributed by atoms with Crippen molar-refractivity contribution >= 4 is 22.8 Å². The highest BCUT2D eigenvalue weighted by Crippen LogP contribution is 2.74. The molecule has 3 fully saturated rings. The van der Waals surface area contributed by atoms with E-state index in [1.54, 1.807) is 6.92 Å². The van der Waals surface area contributed by atoms with Gasteiger partial charge in [0, 0.05) is 12.7 Å². The van der Waals surface area contributed by atoms with Gasteiger partial charge in [-0.05, 0) is 24.7 Å². The van der Waals surface area contributed by atoms with Gasteiger partial charge in [-0.1, -0.05) is 11.8 Å². The maximum absolute atomic E-state index is 11.3. The van der Waals surface area contributed by atoms with E-state index < -0.39 is 0 Å². The van der Waals surface area contributed by atoms with Crippen molar-refractivity contribution < 1.29 is 14.3 Å². The normalized spacial score (nSPS) is 38.1. The lowest BCUT2D eigenvalue weighted by Crippen LogP contribution is -2.66. The summed E-state index contributed by atoms with van der Waals surface area (Å²) in [5.41, 5.74) is 0.122. The Labute approximate surface area is 87.6 Å². The monoisotopic (exact) mass is 214 g/mol. The molecule has 3 saturated carbocycles. The Morgan fingerprint density at radius 3 is 2.36 bits per heavy atom. The average Bonchev–Trinajstić information content (AvgIpc) is 1.98. The Bertz CT molecular complexity index is 278. The quantitative estimate of drug-likeness (QED) is 0.669. The first-order chi connectivity index (χ1) is 6.52. The molecule has 0 unspecified atom stereocenters. The summed E-state index contributed by atoms with van der Waals surface area (Å²) in [5, 5.41) is 0.168.